The molecule has 9 N–H and O–H groups in total. The van der Waals surface area contributed by atoms with Gasteiger partial charge in [0.15, 0.2) is 0 Å². The molecule has 7 amide bonds. The third-order valence-corrected chi connectivity index (χ3v) is 7.10. The number of benzene rings is 1. The zero-order valence-corrected chi connectivity index (χ0v) is 36.8. The zero-order valence-electron chi connectivity index (χ0n) is 33.7. The minimum atomic E-state index is -0.443. The molecule has 1 unspecified atom stereocenters. The first-order valence-electron chi connectivity index (χ1n) is 17.9. The molecule has 0 heterocycles. The molecule has 0 aliphatic rings. The number of nitrogens with two attached hydrogens (primary N) is 1. The van der Waals surface area contributed by atoms with Crippen LogP contribution in [0.4, 0.5) is 10.5 Å². The second-order valence-corrected chi connectivity index (χ2v) is 12.3. The number of ketones is 1. The van der Waals surface area contributed by atoms with Gasteiger partial charge < -0.3 is 57.2 Å². The van der Waals surface area contributed by atoms with Crippen LogP contribution in [0.5, 0.6) is 0 Å². The van der Waals surface area contributed by atoms with Crippen LogP contribution < -0.4 is 94.3 Å². The molecule has 1 atom stereocenters. The summed E-state index contributed by atoms with van der Waals surface area (Å²) in [5.74, 6) is -0.707. The van der Waals surface area contributed by atoms with E-state index in [-0.39, 0.29) is 125 Å². The van der Waals surface area contributed by atoms with Crippen LogP contribution in [0, 0.1) is 11.8 Å². The van der Waals surface area contributed by atoms with Gasteiger partial charge in [-0.25, -0.2) is 4.79 Å². The number of carbonyl (C=O) groups excluding carboxylic acids is 8. The zero-order chi connectivity index (χ0) is 41.3. The Morgan fingerprint density at radius 3 is 2.07 bits per heavy atom. The van der Waals surface area contributed by atoms with Crippen LogP contribution in [-0.4, -0.2) is 107 Å². The summed E-state index contributed by atoms with van der Waals surface area (Å²) in [6, 6.07) is 4.25. The Bertz CT molecular complexity index is 1300. The molecule has 306 valence electrons. The Kier molecular flexibility index (Phi) is 36.8. The number of amides is 7. The van der Waals surface area contributed by atoms with Gasteiger partial charge in [0.2, 0.25) is 24.1 Å². The Balaban J connectivity index is -0.000000829. The Morgan fingerprint density at radius 2 is 1.53 bits per heavy atom. The summed E-state index contributed by atoms with van der Waals surface area (Å²) in [4.78, 5) is 88.8. The molecule has 19 heteroatoms. The van der Waals surface area contributed by atoms with E-state index in [4.69, 9.17) is 10.5 Å². The summed E-state index contributed by atoms with van der Waals surface area (Å²) in [6.07, 6.45) is 1.90. The fraction of sp³-hybridized carbons (Fsp3) is 0.611. The molecule has 0 fully saturated rings. The molecule has 0 aliphatic heterocycles. The third kappa shape index (κ3) is 32.5. The van der Waals surface area contributed by atoms with E-state index in [0.717, 1.165) is 13.0 Å². The van der Waals surface area contributed by atoms with E-state index in [0.29, 0.717) is 56.2 Å². The van der Waals surface area contributed by atoms with Gasteiger partial charge in [0.05, 0.1) is 32.9 Å². The number of nitrogens with one attached hydrogen (secondary N) is 7. The molecule has 0 saturated carbocycles. The number of carbonyl (C=O) groups is 7. The van der Waals surface area contributed by atoms with Crippen molar-refractivity contribution in [2.24, 2.45) is 17.6 Å². The number of primary amides is 1. The molecule has 0 aliphatic carbocycles. The summed E-state index contributed by atoms with van der Waals surface area (Å²) < 4.78 is 9.84. The summed E-state index contributed by atoms with van der Waals surface area (Å²) in [5, 5.41) is 18.4. The number of likely N-dealkylation sites (N-methyl/N-ethyl adjacent to an activating group) is 1. The van der Waals surface area contributed by atoms with Gasteiger partial charge in [-0.15, -0.1) is 0 Å². The molecule has 1 rings (SSSR count). The van der Waals surface area contributed by atoms with Gasteiger partial charge in [-0.1, -0.05) is 54.1 Å². The molecule has 0 radical (unpaired) electrons. The molecule has 0 bridgehead atoms. The molecule has 1 aromatic rings. The van der Waals surface area contributed by atoms with Crippen LogP contribution in [0.15, 0.2) is 18.2 Å². The van der Waals surface area contributed by atoms with Crippen LogP contribution in [0.25, 0.3) is 0 Å². The Morgan fingerprint density at radius 1 is 0.855 bits per heavy atom. The number of ether oxygens (including phenoxy) is 2. The van der Waals surface area contributed by atoms with Crippen molar-refractivity contribution in [2.75, 3.05) is 57.8 Å². The Labute approximate surface area is 367 Å². The monoisotopic (exact) mass is 804 g/mol. The van der Waals surface area contributed by atoms with Crippen molar-refractivity contribution in [1.82, 2.24) is 31.9 Å². The molecule has 18 nitrogen and oxygen atoms in total. The van der Waals surface area contributed by atoms with Crippen LogP contribution in [0.2, 0.25) is 0 Å². The molecular formula is C36H61KN8O10. The van der Waals surface area contributed by atoms with E-state index in [1.54, 1.807) is 12.1 Å². The minimum Gasteiger partial charge on any atom is -0.650 e. The van der Waals surface area contributed by atoms with Crippen LogP contribution in [0.3, 0.4) is 0 Å². The van der Waals surface area contributed by atoms with Crippen LogP contribution in [0.1, 0.15) is 83.7 Å². The first kappa shape index (κ1) is 55.9. The van der Waals surface area contributed by atoms with Gasteiger partial charge in [0.1, 0.15) is 5.78 Å². The summed E-state index contributed by atoms with van der Waals surface area (Å²) in [5.41, 5.74) is 5.86. The van der Waals surface area contributed by atoms with Crippen molar-refractivity contribution in [3.05, 3.63) is 29.3 Å². The van der Waals surface area contributed by atoms with Crippen molar-refractivity contribution in [3.63, 3.8) is 0 Å². The molecule has 0 aromatic heterocycles. The molecule has 0 spiro atoms. The van der Waals surface area contributed by atoms with Crippen molar-refractivity contribution < 1.29 is 99.2 Å². The second kappa shape index (κ2) is 36.2. The number of anilines is 1. The standard InChI is InChI=1S/C16H21N4O5.C16H30N2O4.C4H10N2O.K/c1-2-17-5-6-19-16(24)14-7-13(20-15(23)8-18-10-21)4-3-12(14)9-25-11-22;1-11(2)13(5)18-16(21)10-17-15(20)7-9-22-8-6-14(19)12(3)4;1-2-3-6-4(5)7;/h3-4,7,10,17H,2,5-6,8-9H2,1H3,(H,18,21)(H,19,24)(H,20,23);11-13H,6-10H2,1-5H3,(H,17,20)(H,18,21);2-3H2,1H3,(H3,5,6,7);/q-1;;;+1. The van der Waals surface area contributed by atoms with Gasteiger partial charge in [-0.2, -0.15) is 0 Å². The van der Waals surface area contributed by atoms with E-state index in [1.165, 1.54) is 12.5 Å². The van der Waals surface area contributed by atoms with Crippen molar-refractivity contribution in [3.8, 4) is 0 Å². The van der Waals surface area contributed by atoms with Gasteiger partial charge in [-0.05, 0) is 43.5 Å². The maximum Gasteiger partial charge on any atom is 1.00 e. The van der Waals surface area contributed by atoms with E-state index in [2.05, 4.69) is 42.0 Å². The first-order chi connectivity index (χ1) is 25.6. The maximum absolute atomic E-state index is 12.3. The van der Waals surface area contributed by atoms with Crippen molar-refractivity contribution in [1.29, 1.82) is 0 Å². The summed E-state index contributed by atoms with van der Waals surface area (Å²) in [7, 11) is 0. The van der Waals surface area contributed by atoms with Gasteiger partial charge in [0.25, 0.3) is 5.91 Å². The summed E-state index contributed by atoms with van der Waals surface area (Å²) >= 11 is 0. The number of urea groups is 1. The second-order valence-electron chi connectivity index (χ2n) is 12.3. The van der Waals surface area contributed by atoms with Crippen molar-refractivity contribution >= 4 is 54.0 Å². The predicted octanol–water partition coefficient (Wildman–Crippen LogP) is -2.35. The minimum absolute atomic E-state index is 0. The molecule has 1 aromatic carbocycles. The molecule has 55 heavy (non-hydrogen) atoms. The summed E-state index contributed by atoms with van der Waals surface area (Å²) in [6.45, 7) is 17.7. The SMILES string of the molecule is CC(C)C(=O)CCOCCC(=O)NCC(=O)NC(C)C(C)C.CCCNC(N)=O.CCNCCNC(=O)c1cc(NC(=O)CNC=O)ccc1CO[C-]=O.[K+]. The largest absolute Gasteiger partial charge is 1.00 e. The van der Waals surface area contributed by atoms with Gasteiger partial charge >= 0.3 is 57.4 Å². The van der Waals surface area contributed by atoms with Crippen molar-refractivity contribution in [2.45, 2.75) is 80.4 Å². The van der Waals surface area contributed by atoms with E-state index in [1.807, 2.05) is 48.5 Å². The van der Waals surface area contributed by atoms with Crippen LogP contribution in [-0.2, 0) is 44.8 Å². The molecule has 0 saturated heterocycles. The maximum atomic E-state index is 12.3. The van der Waals surface area contributed by atoms with Gasteiger partial charge in [-0.3, -0.25) is 28.8 Å². The van der Waals surface area contributed by atoms with Gasteiger partial charge in [0, 0.05) is 55.7 Å². The quantitative estimate of drug-likeness (QED) is 0.0225. The van der Waals surface area contributed by atoms with Crippen LogP contribution >= 0.6 is 0 Å². The number of hydrogen-bond donors (Lipinski definition) is 8. The fourth-order valence-corrected chi connectivity index (χ4v) is 3.69. The molecular weight excluding hydrogens is 744 g/mol. The normalized spacial score (nSPS) is 10.4. The topological polar surface area (TPSA) is 265 Å². The number of rotatable bonds is 25. The first-order valence-corrected chi connectivity index (χ1v) is 17.9. The van der Waals surface area contributed by atoms with E-state index < -0.39 is 11.9 Å². The average Bonchev–Trinajstić information content (AvgIpc) is 3.13. The number of hydrogen-bond acceptors (Lipinski definition) is 11. The fourth-order valence-electron chi connectivity index (χ4n) is 3.69. The predicted molar refractivity (Wildman–Crippen MR) is 204 cm³/mol. The smallest absolute Gasteiger partial charge is 0.650 e. The Hall–Kier alpha value is -3.46. The van der Waals surface area contributed by atoms with E-state index in [9.17, 15) is 38.4 Å². The number of Topliss-reactive ketones (excluding diaryl/α,β-unsaturated/α-hetero) is 1. The average molecular weight is 805 g/mol. The third-order valence-electron chi connectivity index (χ3n) is 7.10. The van der Waals surface area contributed by atoms with E-state index >= 15 is 0 Å².